The Morgan fingerprint density at radius 2 is 2.00 bits per heavy atom. The molecule has 1 amide bonds. The highest BCUT2D eigenvalue weighted by atomic mass is 19.1. The fraction of sp³-hybridized carbons (Fsp3) is 0.345. The molecule has 0 radical (unpaired) electrons. The highest BCUT2D eigenvalue weighted by Gasteiger charge is 2.40. The number of rotatable bonds is 8. The number of ether oxygens (including phenoxy) is 1. The number of nitrogens with zero attached hydrogens (tertiary/aromatic N) is 4. The van der Waals surface area contributed by atoms with Crippen LogP contribution in [0.15, 0.2) is 61.1 Å². The van der Waals surface area contributed by atoms with Gasteiger partial charge in [0.2, 0.25) is 0 Å². The van der Waals surface area contributed by atoms with Crippen molar-refractivity contribution in [3.05, 3.63) is 78.0 Å². The van der Waals surface area contributed by atoms with Gasteiger partial charge in [-0.3, -0.25) is 14.9 Å². The number of amides is 1. The van der Waals surface area contributed by atoms with Gasteiger partial charge in [0.15, 0.2) is 0 Å². The van der Waals surface area contributed by atoms with Crippen molar-refractivity contribution in [3.8, 4) is 16.9 Å². The maximum absolute atomic E-state index is 13.9. The summed E-state index contributed by atoms with van der Waals surface area (Å²) in [5, 5.41) is 8.23. The number of hydrogen-bond donors (Lipinski definition) is 1. The normalized spacial score (nSPS) is 15.1. The second-order valence-corrected chi connectivity index (χ2v) is 9.89. The number of halogens is 1. The number of hydrogen-bond acceptors (Lipinski definition) is 5. The van der Waals surface area contributed by atoms with E-state index in [1.165, 1.54) is 12.1 Å². The SMILES string of the molecule is CCOc1cc(C(=O)N(C)[C@@H](c2cncc3cn[nH]c23)C2CN(C(C)C)C2)ccc1-c1cccc(F)c1. The van der Waals surface area contributed by atoms with Crippen LogP contribution in [0.1, 0.15) is 42.7 Å². The lowest BCUT2D eigenvalue weighted by molar-refractivity contribution is 0.0104. The van der Waals surface area contributed by atoms with E-state index >= 15 is 0 Å². The van der Waals surface area contributed by atoms with Crippen LogP contribution in [-0.2, 0) is 0 Å². The minimum absolute atomic E-state index is 0.115. The van der Waals surface area contributed by atoms with Gasteiger partial charge < -0.3 is 14.5 Å². The number of H-pyrrole nitrogens is 1. The summed E-state index contributed by atoms with van der Waals surface area (Å²) in [6.07, 6.45) is 5.37. The van der Waals surface area contributed by atoms with Crippen molar-refractivity contribution in [3.63, 3.8) is 0 Å². The monoisotopic (exact) mass is 501 g/mol. The van der Waals surface area contributed by atoms with Gasteiger partial charge in [-0.1, -0.05) is 12.1 Å². The lowest BCUT2D eigenvalue weighted by Gasteiger charge is -2.48. The Morgan fingerprint density at radius 3 is 2.73 bits per heavy atom. The van der Waals surface area contributed by atoms with Crippen molar-refractivity contribution >= 4 is 16.8 Å². The van der Waals surface area contributed by atoms with Crippen molar-refractivity contribution in [2.24, 2.45) is 5.92 Å². The highest BCUT2D eigenvalue weighted by Crippen LogP contribution is 2.39. The van der Waals surface area contributed by atoms with Crippen molar-refractivity contribution in [2.45, 2.75) is 32.9 Å². The predicted molar refractivity (Wildman–Crippen MR) is 142 cm³/mol. The first-order valence-corrected chi connectivity index (χ1v) is 12.7. The molecule has 4 aromatic rings. The molecule has 0 saturated carbocycles. The van der Waals surface area contributed by atoms with Gasteiger partial charge in [0.25, 0.3) is 5.91 Å². The van der Waals surface area contributed by atoms with E-state index in [0.717, 1.165) is 35.1 Å². The molecule has 5 rings (SSSR count). The van der Waals surface area contributed by atoms with Crippen molar-refractivity contribution in [2.75, 3.05) is 26.7 Å². The lowest BCUT2D eigenvalue weighted by atomic mass is 9.84. The van der Waals surface area contributed by atoms with E-state index in [1.807, 2.05) is 37.2 Å². The van der Waals surface area contributed by atoms with Crippen LogP contribution >= 0.6 is 0 Å². The van der Waals surface area contributed by atoms with Crippen molar-refractivity contribution < 1.29 is 13.9 Å². The molecule has 1 aliphatic heterocycles. The minimum Gasteiger partial charge on any atom is -0.493 e. The first-order chi connectivity index (χ1) is 17.9. The summed E-state index contributed by atoms with van der Waals surface area (Å²) in [5.74, 6) is 0.373. The average Bonchev–Trinajstić information content (AvgIpc) is 3.34. The van der Waals surface area contributed by atoms with E-state index < -0.39 is 0 Å². The first-order valence-electron chi connectivity index (χ1n) is 12.7. The van der Waals surface area contributed by atoms with Gasteiger partial charge in [0, 0.05) is 66.6 Å². The Bertz CT molecular complexity index is 1410. The van der Waals surface area contributed by atoms with Crippen LogP contribution in [0, 0.1) is 11.7 Å². The van der Waals surface area contributed by atoms with E-state index in [0.29, 0.717) is 29.5 Å². The standard InChI is InChI=1S/C29H32FN5O2/c1-5-37-26-12-20(9-10-24(26)19-7-6-8-23(30)11-19)29(36)34(4)28(22-16-35(17-22)18(2)3)25-15-31-13-21-14-32-33-27(21)25/h6-15,18,22,28H,5,16-17H2,1-4H3,(H,32,33)/t28-/m1/s1. The topological polar surface area (TPSA) is 74.3 Å². The third-order valence-corrected chi connectivity index (χ3v) is 7.22. The van der Waals surface area contributed by atoms with Crippen LogP contribution in [-0.4, -0.2) is 63.7 Å². The number of pyridine rings is 1. The largest absolute Gasteiger partial charge is 0.493 e. The van der Waals surface area contributed by atoms with Crippen molar-refractivity contribution in [1.29, 1.82) is 0 Å². The Morgan fingerprint density at radius 1 is 1.19 bits per heavy atom. The molecule has 7 nitrogen and oxygen atoms in total. The highest BCUT2D eigenvalue weighted by molar-refractivity contribution is 5.96. The lowest BCUT2D eigenvalue weighted by Crippen LogP contribution is -2.55. The zero-order valence-electron chi connectivity index (χ0n) is 21.6. The summed E-state index contributed by atoms with van der Waals surface area (Å²) in [7, 11) is 1.85. The summed E-state index contributed by atoms with van der Waals surface area (Å²) in [6, 6.07) is 12.0. The quantitative estimate of drug-likeness (QED) is 0.354. The van der Waals surface area contributed by atoms with E-state index in [2.05, 4.69) is 33.9 Å². The number of likely N-dealkylation sites (tertiary alicyclic amines) is 1. The maximum Gasteiger partial charge on any atom is 0.254 e. The zero-order valence-corrected chi connectivity index (χ0v) is 21.6. The van der Waals surface area contributed by atoms with Crippen LogP contribution in [0.3, 0.4) is 0 Å². The Balaban J connectivity index is 1.50. The molecule has 37 heavy (non-hydrogen) atoms. The molecule has 1 N–H and O–H groups in total. The Labute approximate surface area is 216 Å². The smallest absolute Gasteiger partial charge is 0.254 e. The Hall–Kier alpha value is -3.78. The van der Waals surface area contributed by atoms with E-state index in [4.69, 9.17) is 4.74 Å². The molecule has 0 unspecified atom stereocenters. The molecule has 2 aromatic heterocycles. The van der Waals surface area contributed by atoms with Crippen LogP contribution in [0.4, 0.5) is 4.39 Å². The molecule has 3 heterocycles. The molecule has 1 aliphatic rings. The summed E-state index contributed by atoms with van der Waals surface area (Å²) in [5.41, 5.74) is 3.82. The van der Waals surface area contributed by atoms with Crippen LogP contribution in [0.2, 0.25) is 0 Å². The zero-order chi connectivity index (χ0) is 26.1. The number of aromatic amines is 1. The predicted octanol–water partition coefficient (Wildman–Crippen LogP) is 5.32. The van der Waals surface area contributed by atoms with E-state index in [1.54, 1.807) is 30.6 Å². The van der Waals surface area contributed by atoms with Gasteiger partial charge in [0.05, 0.1) is 24.4 Å². The molecule has 1 saturated heterocycles. The molecule has 1 fully saturated rings. The minimum atomic E-state index is -0.319. The molecular formula is C29H32FN5O2. The molecule has 2 aromatic carbocycles. The van der Waals surface area contributed by atoms with Gasteiger partial charge in [-0.15, -0.1) is 0 Å². The first kappa shape index (κ1) is 24.9. The number of carbonyl (C=O) groups is 1. The van der Waals surface area contributed by atoms with E-state index in [-0.39, 0.29) is 23.7 Å². The van der Waals surface area contributed by atoms with Crippen LogP contribution in [0.5, 0.6) is 5.75 Å². The second kappa shape index (κ2) is 10.3. The molecule has 8 heteroatoms. The summed E-state index contributed by atoms with van der Waals surface area (Å²) >= 11 is 0. The van der Waals surface area contributed by atoms with Gasteiger partial charge in [0.1, 0.15) is 11.6 Å². The van der Waals surface area contributed by atoms with Crippen LogP contribution in [0.25, 0.3) is 22.0 Å². The van der Waals surface area contributed by atoms with Crippen molar-refractivity contribution in [1.82, 2.24) is 25.0 Å². The fourth-order valence-electron chi connectivity index (χ4n) is 5.22. The number of carbonyl (C=O) groups excluding carboxylic acids is 1. The van der Waals surface area contributed by atoms with E-state index in [9.17, 15) is 9.18 Å². The molecule has 0 bridgehead atoms. The van der Waals surface area contributed by atoms with Crippen LogP contribution < -0.4 is 4.74 Å². The number of benzene rings is 2. The second-order valence-electron chi connectivity index (χ2n) is 9.89. The molecule has 1 atom stereocenters. The third kappa shape index (κ3) is 4.81. The molecule has 192 valence electrons. The van der Waals surface area contributed by atoms with Gasteiger partial charge >= 0.3 is 0 Å². The summed E-state index contributed by atoms with van der Waals surface area (Å²) in [4.78, 5) is 22.6. The van der Waals surface area contributed by atoms with Gasteiger partial charge in [-0.05, 0) is 56.7 Å². The van der Waals surface area contributed by atoms with Gasteiger partial charge in [-0.2, -0.15) is 5.10 Å². The fourth-order valence-corrected chi connectivity index (χ4v) is 5.22. The number of nitrogens with one attached hydrogen (secondary N) is 1. The summed E-state index contributed by atoms with van der Waals surface area (Å²) in [6.45, 7) is 8.49. The molecule has 0 aliphatic carbocycles. The summed E-state index contributed by atoms with van der Waals surface area (Å²) < 4.78 is 19.8. The molecule has 0 spiro atoms. The maximum atomic E-state index is 13.9. The number of aromatic nitrogens is 3. The molecular weight excluding hydrogens is 469 g/mol. The third-order valence-electron chi connectivity index (χ3n) is 7.22. The number of fused-ring (bicyclic) bond motifs is 1. The average molecular weight is 502 g/mol. The van der Waals surface area contributed by atoms with Gasteiger partial charge in [-0.25, -0.2) is 4.39 Å². The Kier molecular flexibility index (Phi) is 6.93.